The Morgan fingerprint density at radius 3 is 3.11 bits per heavy atom. The predicted molar refractivity (Wildman–Crippen MR) is 71.7 cm³/mol. The van der Waals surface area contributed by atoms with E-state index in [4.69, 9.17) is 4.74 Å². The molecule has 0 spiro atoms. The van der Waals surface area contributed by atoms with Gasteiger partial charge in [0.05, 0.1) is 12.9 Å². The lowest BCUT2D eigenvalue weighted by Crippen LogP contribution is -2.57. The zero-order valence-electron chi connectivity index (χ0n) is 11.6. The van der Waals surface area contributed by atoms with Gasteiger partial charge in [-0.1, -0.05) is 0 Å². The smallest absolute Gasteiger partial charge is 0.253 e. The maximum Gasteiger partial charge on any atom is 0.253 e. The minimum atomic E-state index is -0.720. The first-order chi connectivity index (χ1) is 9.10. The monoisotopic (exact) mass is 266 g/mol. The van der Waals surface area contributed by atoms with Crippen molar-refractivity contribution in [1.82, 2.24) is 19.8 Å². The van der Waals surface area contributed by atoms with Gasteiger partial charge in [-0.25, -0.2) is 4.98 Å². The lowest BCUT2D eigenvalue weighted by molar-refractivity contribution is -0.155. The second-order valence-corrected chi connectivity index (χ2v) is 5.23. The van der Waals surface area contributed by atoms with E-state index in [0.29, 0.717) is 19.7 Å². The number of aromatic nitrogens is 2. The van der Waals surface area contributed by atoms with Crippen molar-refractivity contribution in [1.29, 1.82) is 0 Å². The van der Waals surface area contributed by atoms with Crippen LogP contribution in [0.25, 0.3) is 0 Å². The van der Waals surface area contributed by atoms with Crippen LogP contribution < -0.4 is 5.32 Å². The first kappa shape index (κ1) is 14.0. The molecule has 1 aromatic rings. The zero-order valence-corrected chi connectivity index (χ0v) is 11.6. The van der Waals surface area contributed by atoms with E-state index in [-0.39, 0.29) is 5.91 Å². The summed E-state index contributed by atoms with van der Waals surface area (Å²) in [6.07, 6.45) is 6.34. The normalized spacial score (nSPS) is 24.3. The van der Waals surface area contributed by atoms with Crippen molar-refractivity contribution in [3.05, 3.63) is 18.7 Å². The van der Waals surface area contributed by atoms with E-state index in [1.165, 1.54) is 0 Å². The fourth-order valence-corrected chi connectivity index (χ4v) is 2.27. The van der Waals surface area contributed by atoms with E-state index in [0.717, 1.165) is 19.5 Å². The molecule has 106 valence electrons. The van der Waals surface area contributed by atoms with Gasteiger partial charge in [0.2, 0.25) is 0 Å². The molecule has 6 nitrogen and oxygen atoms in total. The molecule has 1 aromatic heterocycles. The Balaban J connectivity index is 1.71. The van der Waals surface area contributed by atoms with Crippen LogP contribution in [0.2, 0.25) is 0 Å². The fraction of sp³-hybridized carbons (Fsp3) is 0.692. The molecule has 1 aliphatic heterocycles. The number of ether oxygens (including phenoxy) is 1. The molecule has 1 fully saturated rings. The van der Waals surface area contributed by atoms with Crippen LogP contribution in [0.15, 0.2) is 18.7 Å². The Kier molecular flexibility index (Phi) is 4.55. The molecule has 2 rings (SSSR count). The molecule has 0 aliphatic carbocycles. The summed E-state index contributed by atoms with van der Waals surface area (Å²) in [5.74, 6) is -0.0234. The molecular formula is C13H22N4O2. The van der Waals surface area contributed by atoms with Crippen LogP contribution >= 0.6 is 0 Å². The Hall–Kier alpha value is -1.40. The number of hydrogen-bond acceptors (Lipinski definition) is 4. The van der Waals surface area contributed by atoms with E-state index in [1.54, 1.807) is 12.5 Å². The standard InChI is InChI=1S/C13H22N4O2/c1-13(10-16(2)8-9-19-13)12(18)15-4-3-6-17-7-5-14-11-17/h5,7,11H,3-4,6,8-10H2,1-2H3,(H,15,18)/t13-/m1/s1. The quantitative estimate of drug-likeness (QED) is 0.769. The topological polar surface area (TPSA) is 59.4 Å². The van der Waals surface area contributed by atoms with Crippen LogP contribution in [0.3, 0.4) is 0 Å². The Morgan fingerprint density at radius 2 is 2.42 bits per heavy atom. The van der Waals surface area contributed by atoms with Crippen LogP contribution in [0.4, 0.5) is 0 Å². The van der Waals surface area contributed by atoms with Gasteiger partial charge in [0.25, 0.3) is 5.91 Å². The minimum Gasteiger partial charge on any atom is -0.363 e. The third kappa shape index (κ3) is 3.78. The zero-order chi connectivity index (χ0) is 13.7. The van der Waals surface area contributed by atoms with Crippen LogP contribution in [-0.4, -0.2) is 59.2 Å². The van der Waals surface area contributed by atoms with Gasteiger partial charge in [-0.05, 0) is 20.4 Å². The molecule has 1 amide bonds. The first-order valence-corrected chi connectivity index (χ1v) is 6.67. The molecule has 0 saturated carbocycles. The van der Waals surface area contributed by atoms with Gasteiger partial charge in [-0.3, -0.25) is 4.79 Å². The van der Waals surface area contributed by atoms with Crippen LogP contribution in [0.1, 0.15) is 13.3 Å². The number of carbonyl (C=O) groups excluding carboxylic acids is 1. The van der Waals surface area contributed by atoms with Gasteiger partial charge in [0, 0.05) is 38.6 Å². The third-order valence-corrected chi connectivity index (χ3v) is 3.38. The molecular weight excluding hydrogens is 244 g/mol. The van der Waals surface area contributed by atoms with Crippen molar-refractivity contribution < 1.29 is 9.53 Å². The van der Waals surface area contributed by atoms with Crippen molar-refractivity contribution >= 4 is 5.91 Å². The largest absolute Gasteiger partial charge is 0.363 e. The van der Waals surface area contributed by atoms with Crippen molar-refractivity contribution in [3.8, 4) is 0 Å². The van der Waals surface area contributed by atoms with E-state index < -0.39 is 5.60 Å². The highest BCUT2D eigenvalue weighted by molar-refractivity contribution is 5.85. The van der Waals surface area contributed by atoms with Gasteiger partial charge < -0.3 is 19.5 Å². The Labute approximate surface area is 113 Å². The van der Waals surface area contributed by atoms with Gasteiger partial charge in [0.1, 0.15) is 0 Å². The number of morpholine rings is 1. The lowest BCUT2D eigenvalue weighted by atomic mass is 10.0. The van der Waals surface area contributed by atoms with Crippen molar-refractivity contribution in [2.75, 3.05) is 33.3 Å². The summed E-state index contributed by atoms with van der Waals surface area (Å²) in [6.45, 7) is 5.49. The highest BCUT2D eigenvalue weighted by atomic mass is 16.5. The summed E-state index contributed by atoms with van der Waals surface area (Å²) >= 11 is 0. The number of nitrogens with zero attached hydrogens (tertiary/aromatic N) is 3. The maximum atomic E-state index is 12.1. The van der Waals surface area contributed by atoms with Crippen LogP contribution in [0, 0.1) is 0 Å². The molecule has 0 radical (unpaired) electrons. The van der Waals surface area contributed by atoms with E-state index in [1.807, 2.05) is 24.7 Å². The summed E-state index contributed by atoms with van der Waals surface area (Å²) in [5.41, 5.74) is -0.720. The molecule has 6 heteroatoms. The van der Waals surface area contributed by atoms with Gasteiger partial charge in [0.15, 0.2) is 5.60 Å². The second-order valence-electron chi connectivity index (χ2n) is 5.23. The number of imidazole rings is 1. The summed E-state index contributed by atoms with van der Waals surface area (Å²) in [5, 5.41) is 2.95. The van der Waals surface area contributed by atoms with Crippen molar-refractivity contribution in [2.24, 2.45) is 0 Å². The van der Waals surface area contributed by atoms with E-state index >= 15 is 0 Å². The molecule has 19 heavy (non-hydrogen) atoms. The number of carbonyl (C=O) groups is 1. The maximum absolute atomic E-state index is 12.1. The fourth-order valence-electron chi connectivity index (χ4n) is 2.27. The van der Waals surface area contributed by atoms with Crippen molar-refractivity contribution in [3.63, 3.8) is 0 Å². The van der Waals surface area contributed by atoms with Gasteiger partial charge >= 0.3 is 0 Å². The molecule has 1 aliphatic rings. The third-order valence-electron chi connectivity index (χ3n) is 3.38. The van der Waals surface area contributed by atoms with Crippen LogP contribution in [-0.2, 0) is 16.1 Å². The number of aryl methyl sites for hydroxylation is 1. The average Bonchev–Trinajstić information content (AvgIpc) is 2.87. The first-order valence-electron chi connectivity index (χ1n) is 6.67. The average molecular weight is 266 g/mol. The van der Waals surface area contributed by atoms with Crippen LogP contribution in [0.5, 0.6) is 0 Å². The molecule has 1 N–H and O–H groups in total. The Bertz CT molecular complexity index is 407. The highest BCUT2D eigenvalue weighted by Gasteiger charge is 2.37. The molecule has 1 atom stereocenters. The lowest BCUT2D eigenvalue weighted by Gasteiger charge is -2.37. The number of hydrogen-bond donors (Lipinski definition) is 1. The summed E-state index contributed by atoms with van der Waals surface area (Å²) < 4.78 is 7.63. The molecule has 0 aromatic carbocycles. The van der Waals surface area contributed by atoms with Gasteiger partial charge in [-0.15, -0.1) is 0 Å². The number of rotatable bonds is 5. The molecule has 0 unspecified atom stereocenters. The van der Waals surface area contributed by atoms with E-state index in [2.05, 4.69) is 15.2 Å². The summed E-state index contributed by atoms with van der Waals surface area (Å²) in [7, 11) is 2.01. The summed E-state index contributed by atoms with van der Waals surface area (Å²) in [6, 6.07) is 0. The number of likely N-dealkylation sites (N-methyl/N-ethyl adjacent to an activating group) is 1. The van der Waals surface area contributed by atoms with Crippen molar-refractivity contribution in [2.45, 2.75) is 25.5 Å². The summed E-state index contributed by atoms with van der Waals surface area (Å²) in [4.78, 5) is 18.2. The number of amides is 1. The molecule has 0 bridgehead atoms. The SMILES string of the molecule is CN1CCO[C@@](C)(C(=O)NCCCn2ccnc2)C1. The number of nitrogens with one attached hydrogen (secondary N) is 1. The highest BCUT2D eigenvalue weighted by Crippen LogP contribution is 2.16. The molecule has 2 heterocycles. The van der Waals surface area contributed by atoms with E-state index in [9.17, 15) is 4.79 Å². The van der Waals surface area contributed by atoms with Gasteiger partial charge in [-0.2, -0.15) is 0 Å². The minimum absolute atomic E-state index is 0.0234. The second kappa shape index (κ2) is 6.16. The molecule has 1 saturated heterocycles. The predicted octanol–water partition coefficient (Wildman–Crippen LogP) is 0.110. The Morgan fingerprint density at radius 1 is 1.58 bits per heavy atom.